The summed E-state index contributed by atoms with van der Waals surface area (Å²) >= 11 is 6.15. The molecule has 2 heterocycles. The fourth-order valence-electron chi connectivity index (χ4n) is 5.57. The Bertz CT molecular complexity index is 1180. The molecule has 1 aliphatic carbocycles. The van der Waals surface area contributed by atoms with Gasteiger partial charge in [-0.15, -0.1) is 0 Å². The molecule has 2 aromatic carbocycles. The molecule has 1 N–H and O–H groups in total. The van der Waals surface area contributed by atoms with Crippen LogP contribution in [-0.4, -0.2) is 54.9 Å². The molecule has 0 spiro atoms. The molecule has 2 unspecified atom stereocenters. The first-order valence-corrected chi connectivity index (χ1v) is 13.7. The zero-order valence-corrected chi connectivity index (χ0v) is 22.8. The third-order valence-electron chi connectivity index (χ3n) is 7.45. The molecule has 5 atom stereocenters. The summed E-state index contributed by atoms with van der Waals surface area (Å²) in [5.74, 6) is -2.67. The van der Waals surface area contributed by atoms with E-state index in [2.05, 4.69) is 5.32 Å². The lowest BCUT2D eigenvalue weighted by molar-refractivity contribution is -0.184. The van der Waals surface area contributed by atoms with E-state index >= 15 is 0 Å². The van der Waals surface area contributed by atoms with Crippen LogP contribution in [0.5, 0.6) is 0 Å². The standard InChI is InChI=1S/C29H34ClF2NO6/c1-28(2)38-25-14-29(27(34)33-15-22-7-4-10-35-22,37-17-19-8-9-21(31)12-23(19)32)13-24(26(25)39-28)36-16-18-5-3-6-20(30)11-18/h3,5-6,8-9,11-12,22,24-26H,4,7,10,13-17H2,1-2H3,(H,33,34)/t22?,24?,25-,26+,29-/m1/s1. The van der Waals surface area contributed by atoms with Crippen LogP contribution in [-0.2, 0) is 41.7 Å². The first-order chi connectivity index (χ1) is 18.6. The minimum atomic E-state index is -1.41. The van der Waals surface area contributed by atoms with Crippen molar-refractivity contribution in [2.45, 2.75) is 88.5 Å². The molecule has 7 nitrogen and oxygen atoms in total. The van der Waals surface area contributed by atoms with Gasteiger partial charge in [-0.3, -0.25) is 4.79 Å². The highest BCUT2D eigenvalue weighted by atomic mass is 35.5. The first kappa shape index (κ1) is 28.4. The summed E-state index contributed by atoms with van der Waals surface area (Å²) in [5, 5.41) is 3.58. The van der Waals surface area contributed by atoms with Crippen molar-refractivity contribution >= 4 is 17.5 Å². The van der Waals surface area contributed by atoms with Gasteiger partial charge in [0.2, 0.25) is 0 Å². The molecule has 3 fully saturated rings. The van der Waals surface area contributed by atoms with Crippen molar-refractivity contribution in [2.24, 2.45) is 0 Å². The van der Waals surface area contributed by atoms with E-state index in [1.54, 1.807) is 6.07 Å². The summed E-state index contributed by atoms with van der Waals surface area (Å²) in [7, 11) is 0. The van der Waals surface area contributed by atoms with E-state index in [-0.39, 0.29) is 43.6 Å². The van der Waals surface area contributed by atoms with Crippen molar-refractivity contribution in [2.75, 3.05) is 13.2 Å². The number of amides is 1. The Morgan fingerprint density at radius 2 is 1.97 bits per heavy atom. The fraction of sp³-hybridized carbons (Fsp3) is 0.552. The van der Waals surface area contributed by atoms with Crippen molar-refractivity contribution < 1.29 is 37.3 Å². The highest BCUT2D eigenvalue weighted by Gasteiger charge is 2.58. The van der Waals surface area contributed by atoms with E-state index < -0.39 is 41.3 Å². The number of fused-ring (bicyclic) bond motifs is 1. The number of hydrogen-bond acceptors (Lipinski definition) is 6. The van der Waals surface area contributed by atoms with Gasteiger partial charge in [0.05, 0.1) is 31.5 Å². The second kappa shape index (κ2) is 11.8. The van der Waals surface area contributed by atoms with Crippen LogP contribution in [0.25, 0.3) is 0 Å². The van der Waals surface area contributed by atoms with Crippen LogP contribution in [0.3, 0.4) is 0 Å². The number of rotatable bonds is 9. The maximum absolute atomic E-state index is 14.5. The molecule has 0 bridgehead atoms. The van der Waals surface area contributed by atoms with E-state index in [0.29, 0.717) is 18.2 Å². The number of benzene rings is 2. The number of ether oxygens (including phenoxy) is 5. The van der Waals surface area contributed by atoms with Gasteiger partial charge < -0.3 is 29.0 Å². The van der Waals surface area contributed by atoms with Gasteiger partial charge in [-0.25, -0.2) is 8.78 Å². The molecule has 3 aliphatic rings. The normalized spacial score (nSPS) is 29.8. The molecule has 2 aliphatic heterocycles. The molecular formula is C29H34ClF2NO6. The fourth-order valence-corrected chi connectivity index (χ4v) is 5.78. The molecule has 0 radical (unpaired) electrons. The maximum atomic E-state index is 14.5. The lowest BCUT2D eigenvalue weighted by Crippen LogP contribution is -2.60. The second-order valence-electron chi connectivity index (χ2n) is 10.9. The van der Waals surface area contributed by atoms with E-state index in [1.165, 1.54) is 6.07 Å². The van der Waals surface area contributed by atoms with Gasteiger partial charge in [0, 0.05) is 42.6 Å². The second-order valence-corrected chi connectivity index (χ2v) is 11.3. The Morgan fingerprint density at radius 3 is 2.72 bits per heavy atom. The van der Waals surface area contributed by atoms with E-state index in [0.717, 1.165) is 30.5 Å². The van der Waals surface area contributed by atoms with Crippen LogP contribution in [0, 0.1) is 11.6 Å². The van der Waals surface area contributed by atoms with Crippen LogP contribution in [0.15, 0.2) is 42.5 Å². The highest BCUT2D eigenvalue weighted by molar-refractivity contribution is 6.30. The summed E-state index contributed by atoms with van der Waals surface area (Å²) < 4.78 is 58.7. The molecular weight excluding hydrogens is 532 g/mol. The predicted octanol–water partition coefficient (Wildman–Crippen LogP) is 5.07. The molecule has 1 saturated carbocycles. The number of hydrogen-bond donors (Lipinski definition) is 1. The Hall–Kier alpha value is -2.14. The topological polar surface area (TPSA) is 75.3 Å². The minimum Gasteiger partial charge on any atom is -0.376 e. The first-order valence-electron chi connectivity index (χ1n) is 13.3. The van der Waals surface area contributed by atoms with Crippen molar-refractivity contribution in [3.63, 3.8) is 0 Å². The van der Waals surface area contributed by atoms with Crippen LogP contribution in [0.2, 0.25) is 5.02 Å². The van der Waals surface area contributed by atoms with Gasteiger partial charge in [0.1, 0.15) is 17.7 Å². The predicted molar refractivity (Wildman–Crippen MR) is 139 cm³/mol. The van der Waals surface area contributed by atoms with Gasteiger partial charge in [-0.1, -0.05) is 29.8 Å². The molecule has 1 amide bonds. The van der Waals surface area contributed by atoms with Crippen molar-refractivity contribution in [3.05, 3.63) is 70.2 Å². The summed E-state index contributed by atoms with van der Waals surface area (Å²) in [6, 6.07) is 10.6. The zero-order valence-electron chi connectivity index (χ0n) is 22.1. The largest absolute Gasteiger partial charge is 0.376 e. The summed E-state index contributed by atoms with van der Waals surface area (Å²) in [6.45, 7) is 4.62. The smallest absolute Gasteiger partial charge is 0.252 e. The molecule has 10 heteroatoms. The van der Waals surface area contributed by atoms with Crippen LogP contribution >= 0.6 is 11.6 Å². The lowest BCUT2D eigenvalue weighted by atomic mass is 9.78. The Balaban J connectivity index is 1.40. The van der Waals surface area contributed by atoms with Gasteiger partial charge in [0.15, 0.2) is 11.4 Å². The average molecular weight is 566 g/mol. The minimum absolute atomic E-state index is 0.0724. The summed E-state index contributed by atoms with van der Waals surface area (Å²) in [6.07, 6.45) is 0.528. The van der Waals surface area contributed by atoms with Gasteiger partial charge in [-0.05, 0) is 50.5 Å². The van der Waals surface area contributed by atoms with E-state index in [9.17, 15) is 13.6 Å². The number of nitrogens with one attached hydrogen (secondary N) is 1. The Kier molecular flexibility index (Phi) is 8.56. The quantitative estimate of drug-likeness (QED) is 0.458. The third kappa shape index (κ3) is 6.78. The molecule has 2 saturated heterocycles. The van der Waals surface area contributed by atoms with Gasteiger partial charge >= 0.3 is 0 Å². The van der Waals surface area contributed by atoms with Crippen LogP contribution < -0.4 is 5.32 Å². The average Bonchev–Trinajstić information content (AvgIpc) is 3.51. The Labute approximate surface area is 232 Å². The molecule has 2 aromatic rings. The highest BCUT2D eigenvalue weighted by Crippen LogP contribution is 2.44. The number of carbonyl (C=O) groups is 1. The Morgan fingerprint density at radius 1 is 1.13 bits per heavy atom. The van der Waals surface area contributed by atoms with E-state index in [4.69, 9.17) is 35.3 Å². The van der Waals surface area contributed by atoms with E-state index in [1.807, 2.05) is 32.0 Å². The maximum Gasteiger partial charge on any atom is 0.252 e. The lowest BCUT2D eigenvalue weighted by Gasteiger charge is -2.43. The van der Waals surface area contributed by atoms with Crippen molar-refractivity contribution in [3.8, 4) is 0 Å². The number of carbonyl (C=O) groups excluding carboxylic acids is 1. The van der Waals surface area contributed by atoms with Crippen LogP contribution in [0.1, 0.15) is 50.7 Å². The van der Waals surface area contributed by atoms with Crippen LogP contribution in [0.4, 0.5) is 8.78 Å². The van der Waals surface area contributed by atoms with Crippen molar-refractivity contribution in [1.29, 1.82) is 0 Å². The third-order valence-corrected chi connectivity index (χ3v) is 7.69. The SMILES string of the molecule is CC1(C)O[C@@H]2C[C@@](OCc3ccc(F)cc3F)(C(=O)NCC3CCCO3)CC(OCc3cccc(Cl)c3)[C@@H]2O1. The number of halogens is 3. The van der Waals surface area contributed by atoms with Crippen molar-refractivity contribution in [1.82, 2.24) is 5.32 Å². The molecule has 5 rings (SSSR count). The van der Waals surface area contributed by atoms with Gasteiger partial charge in [-0.2, -0.15) is 0 Å². The molecule has 39 heavy (non-hydrogen) atoms. The zero-order chi connectivity index (χ0) is 27.6. The summed E-state index contributed by atoms with van der Waals surface area (Å²) in [5.41, 5.74) is -0.403. The molecule has 212 valence electrons. The van der Waals surface area contributed by atoms with Gasteiger partial charge in [0.25, 0.3) is 5.91 Å². The monoisotopic (exact) mass is 565 g/mol. The molecule has 0 aromatic heterocycles. The summed E-state index contributed by atoms with van der Waals surface area (Å²) in [4.78, 5) is 13.8.